The molecule has 0 aromatic heterocycles. The number of likely N-dealkylation sites (tertiary alicyclic amines) is 1. The summed E-state index contributed by atoms with van der Waals surface area (Å²) in [6, 6.07) is 3.88. The van der Waals surface area contributed by atoms with Crippen molar-refractivity contribution in [2.45, 2.75) is 32.6 Å². The van der Waals surface area contributed by atoms with Gasteiger partial charge in [0.15, 0.2) is 6.79 Å². The minimum absolute atomic E-state index is 0.238. The number of ether oxygens (including phenoxy) is 2. The molecule has 1 aromatic rings. The summed E-state index contributed by atoms with van der Waals surface area (Å²) in [6.07, 6.45) is 0.808. The third-order valence-electron chi connectivity index (χ3n) is 4.14. The van der Waals surface area contributed by atoms with Gasteiger partial charge in [0.25, 0.3) is 0 Å². The Morgan fingerprint density at radius 1 is 1.50 bits per heavy atom. The van der Waals surface area contributed by atoms with E-state index in [9.17, 15) is 5.11 Å². The van der Waals surface area contributed by atoms with Gasteiger partial charge in [-0.25, -0.2) is 0 Å². The van der Waals surface area contributed by atoms with E-state index in [0.717, 1.165) is 48.0 Å². The first kappa shape index (κ1) is 14.1. The maximum Gasteiger partial charge on any atom is 0.189 e. The maximum absolute atomic E-state index is 9.68. The molecule has 2 aliphatic heterocycles. The van der Waals surface area contributed by atoms with Gasteiger partial charge in [0.2, 0.25) is 0 Å². The quantitative estimate of drug-likeness (QED) is 0.930. The van der Waals surface area contributed by atoms with Gasteiger partial charge in [0, 0.05) is 29.2 Å². The molecule has 1 saturated heterocycles. The molecule has 0 amide bonds. The van der Waals surface area contributed by atoms with Gasteiger partial charge in [0.1, 0.15) is 5.75 Å². The molecule has 5 heteroatoms. The van der Waals surface area contributed by atoms with Gasteiger partial charge in [-0.2, -0.15) is 0 Å². The van der Waals surface area contributed by atoms with Crippen LogP contribution in [0.25, 0.3) is 0 Å². The van der Waals surface area contributed by atoms with Gasteiger partial charge in [-0.1, -0.05) is 11.6 Å². The van der Waals surface area contributed by atoms with Gasteiger partial charge in [0.05, 0.1) is 12.7 Å². The van der Waals surface area contributed by atoms with Crippen LogP contribution in [0.15, 0.2) is 12.1 Å². The van der Waals surface area contributed by atoms with Crippen molar-refractivity contribution in [1.82, 2.24) is 4.90 Å². The van der Waals surface area contributed by atoms with E-state index < -0.39 is 0 Å². The van der Waals surface area contributed by atoms with Crippen LogP contribution >= 0.6 is 11.6 Å². The van der Waals surface area contributed by atoms with Crippen LogP contribution in [-0.4, -0.2) is 36.0 Å². The Kier molecular flexibility index (Phi) is 4.17. The van der Waals surface area contributed by atoms with Crippen LogP contribution in [-0.2, 0) is 17.9 Å². The van der Waals surface area contributed by atoms with Gasteiger partial charge in [-0.15, -0.1) is 0 Å². The van der Waals surface area contributed by atoms with E-state index in [-0.39, 0.29) is 6.10 Å². The first-order valence-electron chi connectivity index (χ1n) is 7.06. The van der Waals surface area contributed by atoms with E-state index in [0.29, 0.717) is 19.3 Å². The molecule has 2 unspecified atom stereocenters. The molecule has 1 aromatic carbocycles. The lowest BCUT2D eigenvalue weighted by Crippen LogP contribution is -2.25. The van der Waals surface area contributed by atoms with E-state index in [1.54, 1.807) is 0 Å². The number of benzene rings is 1. The number of fused-ring (bicyclic) bond motifs is 1. The normalized spacial score (nSPS) is 24.2. The number of rotatable bonds is 3. The number of aliphatic hydroxyl groups is 1. The number of hydrogen-bond acceptors (Lipinski definition) is 4. The smallest absolute Gasteiger partial charge is 0.189 e. The third kappa shape index (κ3) is 2.93. The Morgan fingerprint density at radius 2 is 2.35 bits per heavy atom. The zero-order chi connectivity index (χ0) is 14.1. The highest BCUT2D eigenvalue weighted by Gasteiger charge is 2.27. The second-order valence-corrected chi connectivity index (χ2v) is 6.12. The fraction of sp³-hybridized carbons (Fsp3) is 0.600. The molecule has 0 saturated carbocycles. The van der Waals surface area contributed by atoms with Gasteiger partial charge in [-0.3, -0.25) is 4.90 Å². The molecule has 0 bridgehead atoms. The second kappa shape index (κ2) is 5.90. The van der Waals surface area contributed by atoms with Gasteiger partial charge in [-0.05, 0) is 37.9 Å². The highest BCUT2D eigenvalue weighted by Crippen LogP contribution is 2.33. The summed E-state index contributed by atoms with van der Waals surface area (Å²) < 4.78 is 10.9. The molecular formula is C15H20ClNO3. The van der Waals surface area contributed by atoms with Crippen LogP contribution < -0.4 is 4.74 Å². The summed E-state index contributed by atoms with van der Waals surface area (Å²) in [4.78, 5) is 2.35. The average Bonchev–Trinajstić information content (AvgIpc) is 2.87. The maximum atomic E-state index is 9.68. The van der Waals surface area contributed by atoms with Crippen molar-refractivity contribution < 1.29 is 14.6 Å². The molecule has 0 aliphatic carbocycles. The Bertz CT molecular complexity index is 492. The van der Waals surface area contributed by atoms with Crippen molar-refractivity contribution in [2.75, 3.05) is 19.9 Å². The van der Waals surface area contributed by atoms with Crippen molar-refractivity contribution in [3.05, 3.63) is 28.3 Å². The zero-order valence-electron chi connectivity index (χ0n) is 11.6. The second-order valence-electron chi connectivity index (χ2n) is 5.69. The molecule has 110 valence electrons. The van der Waals surface area contributed by atoms with E-state index in [1.165, 1.54) is 0 Å². The summed E-state index contributed by atoms with van der Waals surface area (Å²) in [5, 5.41) is 10.4. The van der Waals surface area contributed by atoms with Crippen LogP contribution in [0.1, 0.15) is 24.5 Å². The Labute approximate surface area is 124 Å². The van der Waals surface area contributed by atoms with Crippen molar-refractivity contribution in [2.24, 2.45) is 5.92 Å². The lowest BCUT2D eigenvalue weighted by molar-refractivity contribution is -0.0174. The number of aliphatic hydroxyl groups excluding tert-OH is 1. The van der Waals surface area contributed by atoms with Crippen molar-refractivity contribution in [1.29, 1.82) is 0 Å². The summed E-state index contributed by atoms with van der Waals surface area (Å²) >= 11 is 6.18. The summed E-state index contributed by atoms with van der Waals surface area (Å²) in [5.41, 5.74) is 2.13. The molecule has 2 heterocycles. The van der Waals surface area contributed by atoms with Crippen molar-refractivity contribution in [3.8, 4) is 5.75 Å². The minimum atomic E-state index is -0.238. The lowest BCUT2D eigenvalue weighted by Gasteiger charge is -2.24. The Morgan fingerprint density at radius 3 is 3.10 bits per heavy atom. The fourth-order valence-corrected chi connectivity index (χ4v) is 3.28. The number of nitrogens with zero attached hydrogens (tertiary/aromatic N) is 1. The van der Waals surface area contributed by atoms with Gasteiger partial charge < -0.3 is 14.6 Å². The Hall–Kier alpha value is -0.810. The van der Waals surface area contributed by atoms with Crippen LogP contribution in [0.3, 0.4) is 0 Å². The van der Waals surface area contributed by atoms with E-state index >= 15 is 0 Å². The first-order chi connectivity index (χ1) is 9.63. The monoisotopic (exact) mass is 297 g/mol. The highest BCUT2D eigenvalue weighted by molar-refractivity contribution is 6.30. The molecule has 0 spiro atoms. The minimum Gasteiger partial charge on any atom is -0.467 e. The molecule has 2 atom stereocenters. The lowest BCUT2D eigenvalue weighted by atomic mass is 10.0. The third-order valence-corrected chi connectivity index (χ3v) is 4.35. The van der Waals surface area contributed by atoms with Crippen LogP contribution in [0, 0.1) is 5.92 Å². The fourth-order valence-electron chi connectivity index (χ4n) is 3.02. The molecule has 2 aliphatic rings. The summed E-state index contributed by atoms with van der Waals surface area (Å²) in [5.74, 6) is 1.29. The summed E-state index contributed by atoms with van der Waals surface area (Å²) in [6.45, 7) is 5.47. The van der Waals surface area contributed by atoms with Crippen LogP contribution in [0.2, 0.25) is 5.02 Å². The number of halogens is 1. The molecular weight excluding hydrogens is 278 g/mol. The van der Waals surface area contributed by atoms with E-state index in [4.69, 9.17) is 21.1 Å². The molecule has 0 radical (unpaired) electrons. The molecule has 1 fully saturated rings. The van der Waals surface area contributed by atoms with Gasteiger partial charge >= 0.3 is 0 Å². The molecule has 4 nitrogen and oxygen atoms in total. The van der Waals surface area contributed by atoms with E-state index in [2.05, 4.69) is 4.90 Å². The largest absolute Gasteiger partial charge is 0.467 e. The number of hydrogen-bond donors (Lipinski definition) is 1. The average molecular weight is 298 g/mol. The highest BCUT2D eigenvalue weighted by atomic mass is 35.5. The molecule has 20 heavy (non-hydrogen) atoms. The Balaban J connectivity index is 1.76. The predicted molar refractivity (Wildman–Crippen MR) is 76.8 cm³/mol. The molecule has 3 rings (SSSR count). The van der Waals surface area contributed by atoms with Crippen molar-refractivity contribution >= 4 is 11.6 Å². The van der Waals surface area contributed by atoms with E-state index in [1.807, 2.05) is 19.1 Å². The summed E-state index contributed by atoms with van der Waals surface area (Å²) in [7, 11) is 0. The molecule has 1 N–H and O–H groups in total. The predicted octanol–water partition coefficient (Wildman–Crippen LogP) is 2.41. The van der Waals surface area contributed by atoms with Crippen molar-refractivity contribution in [3.63, 3.8) is 0 Å². The first-order valence-corrected chi connectivity index (χ1v) is 7.43. The standard InChI is InChI=1S/C15H20ClNO3/c1-10(18)11-2-3-17(6-11)7-12-4-14(16)5-13-8-19-9-20-15(12)13/h4-5,10-11,18H,2-3,6-9H2,1H3. The zero-order valence-corrected chi connectivity index (χ0v) is 12.4. The SMILES string of the molecule is CC(O)C1CCN(Cc2cc(Cl)cc3c2OCOC3)C1. The van der Waals surface area contributed by atoms with Crippen LogP contribution in [0.5, 0.6) is 5.75 Å². The topological polar surface area (TPSA) is 41.9 Å². The van der Waals surface area contributed by atoms with Crippen LogP contribution in [0.4, 0.5) is 0 Å².